The zero-order valence-electron chi connectivity index (χ0n) is 9.55. The molecule has 1 amide bonds. The van der Waals surface area contributed by atoms with Gasteiger partial charge in [-0.05, 0) is 23.4 Å². The maximum absolute atomic E-state index is 12.3. The molecule has 0 aromatic heterocycles. The van der Waals surface area contributed by atoms with Crippen LogP contribution in [-0.2, 0) is 10.3 Å². The number of anilines is 1. The van der Waals surface area contributed by atoms with Gasteiger partial charge in [0.25, 0.3) is 5.91 Å². The van der Waals surface area contributed by atoms with Crippen molar-refractivity contribution in [2.45, 2.75) is 5.54 Å². The summed E-state index contributed by atoms with van der Waals surface area (Å²) in [6, 6.07) is 15.5. The summed E-state index contributed by atoms with van der Waals surface area (Å²) in [4.78, 5) is 16.9. The average molecular weight is 234 g/mol. The fourth-order valence-corrected chi connectivity index (χ4v) is 2.68. The smallest absolute Gasteiger partial charge is 0.261 e. The van der Waals surface area contributed by atoms with E-state index < -0.39 is 5.54 Å². The number of hydrogen-bond acceptors (Lipinski definition) is 2. The maximum atomic E-state index is 12.3. The third kappa shape index (κ3) is 1.03. The Morgan fingerprint density at radius 3 is 2.67 bits per heavy atom. The first kappa shape index (κ1) is 9.59. The number of hydrogen-bond donors (Lipinski definition) is 1. The molecular weight excluding hydrogens is 224 g/mol. The van der Waals surface area contributed by atoms with Crippen molar-refractivity contribution in [3.63, 3.8) is 0 Å². The van der Waals surface area contributed by atoms with Gasteiger partial charge >= 0.3 is 0 Å². The molecule has 0 unspecified atom stereocenters. The zero-order valence-corrected chi connectivity index (χ0v) is 9.55. The van der Waals surface area contributed by atoms with Gasteiger partial charge in [-0.3, -0.25) is 9.79 Å². The van der Waals surface area contributed by atoms with Gasteiger partial charge < -0.3 is 5.32 Å². The second kappa shape index (κ2) is 3.07. The Balaban J connectivity index is 2.08. The normalized spacial score (nSPS) is 23.0. The highest BCUT2D eigenvalue weighted by molar-refractivity contribution is 6.10. The van der Waals surface area contributed by atoms with Gasteiger partial charge in [-0.25, -0.2) is 0 Å². The summed E-state index contributed by atoms with van der Waals surface area (Å²) in [6.07, 6.45) is 1.95. The first-order valence-corrected chi connectivity index (χ1v) is 5.88. The van der Waals surface area contributed by atoms with Crippen LogP contribution in [0, 0.1) is 0 Å². The number of rotatable bonds is 0. The van der Waals surface area contributed by atoms with Crippen molar-refractivity contribution >= 4 is 17.7 Å². The first-order chi connectivity index (χ1) is 8.79. The van der Waals surface area contributed by atoms with Crippen LogP contribution < -0.4 is 15.9 Å². The summed E-state index contributed by atoms with van der Waals surface area (Å²) < 4.78 is 0. The van der Waals surface area contributed by atoms with Crippen molar-refractivity contribution in [3.05, 3.63) is 64.7 Å². The molecule has 18 heavy (non-hydrogen) atoms. The molecule has 0 saturated carbocycles. The van der Waals surface area contributed by atoms with Crippen molar-refractivity contribution in [1.82, 2.24) is 0 Å². The minimum Gasteiger partial charge on any atom is -0.323 e. The van der Waals surface area contributed by atoms with Crippen LogP contribution in [0.2, 0.25) is 0 Å². The van der Waals surface area contributed by atoms with Crippen LogP contribution >= 0.6 is 0 Å². The van der Waals surface area contributed by atoms with E-state index in [0.29, 0.717) is 0 Å². The predicted octanol–water partition coefficient (Wildman–Crippen LogP) is 0.948. The summed E-state index contributed by atoms with van der Waals surface area (Å²) in [5, 5.41) is 4.80. The lowest BCUT2D eigenvalue weighted by Crippen LogP contribution is -2.29. The highest BCUT2D eigenvalue weighted by atomic mass is 16.2. The second-order valence-electron chi connectivity index (χ2n) is 4.58. The Kier molecular flexibility index (Phi) is 1.64. The minimum atomic E-state index is -0.861. The number of carbonyl (C=O) groups is 1. The Morgan fingerprint density at radius 1 is 1.00 bits per heavy atom. The molecule has 2 aliphatic heterocycles. The molecule has 1 N–H and O–H groups in total. The number of carbonyl (C=O) groups excluding carboxylic acids is 1. The van der Waals surface area contributed by atoms with Gasteiger partial charge in [0.2, 0.25) is 0 Å². The number of fused-ring (bicyclic) bond motifs is 3. The van der Waals surface area contributed by atoms with Crippen molar-refractivity contribution in [1.29, 1.82) is 0 Å². The fraction of sp³-hybridized carbons (Fsp3) is 0.0667. The fourth-order valence-electron chi connectivity index (χ4n) is 2.68. The summed E-state index contributed by atoms with van der Waals surface area (Å²) in [5.74, 6) is -0.0695. The highest BCUT2D eigenvalue weighted by Gasteiger charge is 2.46. The molecule has 2 aliphatic rings. The minimum absolute atomic E-state index is 0.0695. The Hall–Kier alpha value is -2.42. The van der Waals surface area contributed by atoms with Crippen LogP contribution in [0.1, 0.15) is 5.56 Å². The molecule has 0 radical (unpaired) electrons. The Labute approximate surface area is 103 Å². The van der Waals surface area contributed by atoms with Gasteiger partial charge in [0.1, 0.15) is 0 Å². The Morgan fingerprint density at radius 2 is 1.78 bits per heavy atom. The van der Waals surface area contributed by atoms with Crippen LogP contribution in [-0.4, -0.2) is 5.91 Å². The van der Waals surface area contributed by atoms with Gasteiger partial charge in [-0.15, -0.1) is 0 Å². The van der Waals surface area contributed by atoms with Crippen LogP contribution in [0.5, 0.6) is 0 Å². The van der Waals surface area contributed by atoms with Gasteiger partial charge in [-0.1, -0.05) is 36.4 Å². The number of nitrogens with one attached hydrogen (secondary N) is 1. The summed E-state index contributed by atoms with van der Waals surface area (Å²) >= 11 is 0. The van der Waals surface area contributed by atoms with Crippen LogP contribution in [0.25, 0.3) is 6.08 Å². The van der Waals surface area contributed by atoms with Gasteiger partial charge in [0, 0.05) is 11.3 Å². The quantitative estimate of drug-likeness (QED) is 0.724. The topological polar surface area (TPSA) is 41.5 Å². The Bertz CT molecular complexity index is 757. The number of amides is 1. The van der Waals surface area contributed by atoms with Gasteiger partial charge in [0.15, 0.2) is 5.54 Å². The molecule has 3 heteroatoms. The van der Waals surface area contributed by atoms with Crippen molar-refractivity contribution < 1.29 is 4.79 Å². The molecule has 0 fully saturated rings. The molecule has 2 aromatic rings. The molecule has 0 saturated heterocycles. The zero-order chi connectivity index (χ0) is 12.2. The second-order valence-corrected chi connectivity index (χ2v) is 4.58. The SMILES string of the molecule is O=C1Nc2ccccc2[C@]12C=c1ccccc1=N2. The van der Waals surface area contributed by atoms with E-state index >= 15 is 0 Å². The molecule has 4 rings (SSSR count). The van der Waals surface area contributed by atoms with Gasteiger partial charge in [-0.2, -0.15) is 0 Å². The number of benzene rings is 2. The van der Waals surface area contributed by atoms with E-state index in [2.05, 4.69) is 10.3 Å². The first-order valence-electron chi connectivity index (χ1n) is 5.88. The number of para-hydroxylation sites is 2. The monoisotopic (exact) mass is 234 g/mol. The lowest BCUT2D eigenvalue weighted by molar-refractivity contribution is -0.118. The van der Waals surface area contributed by atoms with E-state index in [0.717, 1.165) is 21.8 Å². The summed E-state index contributed by atoms with van der Waals surface area (Å²) in [7, 11) is 0. The van der Waals surface area contributed by atoms with Crippen LogP contribution in [0.4, 0.5) is 5.69 Å². The molecule has 0 bridgehead atoms. The third-order valence-corrected chi connectivity index (χ3v) is 3.53. The molecule has 2 heterocycles. The van der Waals surface area contributed by atoms with E-state index in [1.165, 1.54) is 0 Å². The molecule has 0 aliphatic carbocycles. The molecule has 86 valence electrons. The lowest BCUT2D eigenvalue weighted by Gasteiger charge is -2.14. The standard InChI is InChI=1S/C15H10N2O/c18-14-15(11-6-2-4-8-13(11)16-14)9-10-5-1-3-7-12(10)17-15/h1-9H,(H,16,18)/t15-/m1/s1. The van der Waals surface area contributed by atoms with Crippen LogP contribution in [0.3, 0.4) is 0 Å². The molecule has 1 spiro atoms. The van der Waals surface area contributed by atoms with Gasteiger partial charge in [0.05, 0.1) is 5.36 Å². The van der Waals surface area contributed by atoms with Crippen molar-refractivity contribution in [3.8, 4) is 0 Å². The molecule has 2 aromatic carbocycles. The highest BCUT2D eigenvalue weighted by Crippen LogP contribution is 2.40. The lowest BCUT2D eigenvalue weighted by atomic mass is 9.92. The van der Waals surface area contributed by atoms with Crippen molar-refractivity contribution in [2.24, 2.45) is 4.99 Å². The molecular formula is C15H10N2O. The van der Waals surface area contributed by atoms with E-state index in [1.54, 1.807) is 0 Å². The third-order valence-electron chi connectivity index (χ3n) is 3.53. The maximum Gasteiger partial charge on any atom is 0.261 e. The van der Waals surface area contributed by atoms with Crippen molar-refractivity contribution in [2.75, 3.05) is 5.32 Å². The van der Waals surface area contributed by atoms with E-state index in [-0.39, 0.29) is 5.91 Å². The van der Waals surface area contributed by atoms with Crippen LogP contribution in [0.15, 0.2) is 53.5 Å². The largest absolute Gasteiger partial charge is 0.323 e. The summed E-state index contributed by atoms with van der Waals surface area (Å²) in [5.41, 5.74) is 0.932. The summed E-state index contributed by atoms with van der Waals surface area (Å²) in [6.45, 7) is 0. The number of nitrogens with zero attached hydrogens (tertiary/aromatic N) is 1. The van der Waals surface area contributed by atoms with E-state index in [4.69, 9.17) is 0 Å². The molecule has 1 atom stereocenters. The average Bonchev–Trinajstić information content (AvgIpc) is 2.90. The molecule has 3 nitrogen and oxygen atoms in total. The predicted molar refractivity (Wildman–Crippen MR) is 68.4 cm³/mol. The van der Waals surface area contributed by atoms with E-state index in [1.807, 2.05) is 54.6 Å². The van der Waals surface area contributed by atoms with E-state index in [9.17, 15) is 4.79 Å².